The molecule has 2 rings (SSSR count). The van der Waals surface area contributed by atoms with Crippen LogP contribution in [0.15, 0.2) is 4.52 Å². The molecule has 0 aliphatic carbocycles. The lowest BCUT2D eigenvalue weighted by atomic mass is 10.2. The Morgan fingerprint density at radius 3 is 3.11 bits per heavy atom. The Labute approximate surface area is 105 Å². The first-order chi connectivity index (χ1) is 8.58. The summed E-state index contributed by atoms with van der Waals surface area (Å²) >= 11 is 0. The predicted octanol–water partition coefficient (Wildman–Crippen LogP) is -0.0531. The average Bonchev–Trinajstić information content (AvgIpc) is 2.97. The summed E-state index contributed by atoms with van der Waals surface area (Å²) in [5, 5.41) is 16.1. The highest BCUT2D eigenvalue weighted by Crippen LogP contribution is 2.21. The van der Waals surface area contributed by atoms with Crippen LogP contribution < -0.4 is 5.32 Å². The van der Waals surface area contributed by atoms with Crippen LogP contribution in [0.25, 0.3) is 0 Å². The van der Waals surface area contributed by atoms with Gasteiger partial charge in [-0.25, -0.2) is 0 Å². The minimum atomic E-state index is -0.582. The Morgan fingerprint density at radius 1 is 1.72 bits per heavy atom. The maximum atomic E-state index is 11.9. The lowest BCUT2D eigenvalue weighted by Crippen LogP contribution is -2.33. The van der Waals surface area contributed by atoms with Gasteiger partial charge in [0, 0.05) is 13.6 Å². The maximum Gasteiger partial charge on any atom is 0.295 e. The second kappa shape index (κ2) is 5.45. The fraction of sp³-hybridized carbons (Fsp3) is 0.727. The summed E-state index contributed by atoms with van der Waals surface area (Å²) in [7, 11) is 1.60. The van der Waals surface area contributed by atoms with Crippen LogP contribution in [0.4, 0.5) is 0 Å². The number of aliphatic hydroxyl groups is 1. The van der Waals surface area contributed by atoms with Crippen molar-refractivity contribution >= 4 is 5.91 Å². The first-order valence-corrected chi connectivity index (χ1v) is 6.08. The standard InChI is InChI=1S/C11H18N4O3/c1-7(16)6-15(2)11(17)9-13-10(18-14-9)8-4-3-5-12-8/h7-8,12,16H,3-6H2,1-2H3. The molecule has 0 bridgehead atoms. The first kappa shape index (κ1) is 13.0. The molecule has 2 heterocycles. The van der Waals surface area contributed by atoms with Crippen molar-refractivity contribution in [2.75, 3.05) is 20.1 Å². The largest absolute Gasteiger partial charge is 0.392 e. The fourth-order valence-corrected chi connectivity index (χ4v) is 2.01. The predicted molar refractivity (Wildman–Crippen MR) is 62.9 cm³/mol. The molecule has 1 aromatic rings. The SMILES string of the molecule is CC(O)CN(C)C(=O)c1noc(C2CCCN2)n1. The van der Waals surface area contributed by atoms with Crippen molar-refractivity contribution in [2.24, 2.45) is 0 Å². The number of nitrogens with zero attached hydrogens (tertiary/aromatic N) is 3. The van der Waals surface area contributed by atoms with E-state index in [0.29, 0.717) is 5.89 Å². The van der Waals surface area contributed by atoms with E-state index in [0.717, 1.165) is 19.4 Å². The van der Waals surface area contributed by atoms with Crippen LogP contribution in [0.2, 0.25) is 0 Å². The molecule has 0 aromatic carbocycles. The van der Waals surface area contributed by atoms with Gasteiger partial charge >= 0.3 is 0 Å². The van der Waals surface area contributed by atoms with Crippen LogP contribution in [-0.4, -0.2) is 52.3 Å². The number of amides is 1. The number of aliphatic hydroxyl groups excluding tert-OH is 1. The Balaban J connectivity index is 2.02. The minimum absolute atomic E-state index is 0.0434. The molecule has 2 atom stereocenters. The summed E-state index contributed by atoms with van der Waals surface area (Å²) in [6.07, 6.45) is 1.43. The van der Waals surface area contributed by atoms with E-state index in [1.54, 1.807) is 14.0 Å². The van der Waals surface area contributed by atoms with Crippen molar-refractivity contribution in [1.29, 1.82) is 0 Å². The summed E-state index contributed by atoms with van der Waals surface area (Å²) in [4.78, 5) is 17.4. The molecule has 0 radical (unpaired) electrons. The summed E-state index contributed by atoms with van der Waals surface area (Å²) in [5.74, 6) is 0.159. The van der Waals surface area contributed by atoms with Crippen molar-refractivity contribution in [3.05, 3.63) is 11.7 Å². The monoisotopic (exact) mass is 254 g/mol. The van der Waals surface area contributed by atoms with Crippen molar-refractivity contribution in [2.45, 2.75) is 31.9 Å². The van der Waals surface area contributed by atoms with Gasteiger partial charge < -0.3 is 19.8 Å². The van der Waals surface area contributed by atoms with Crippen molar-refractivity contribution < 1.29 is 14.4 Å². The van der Waals surface area contributed by atoms with E-state index in [1.165, 1.54) is 4.90 Å². The highest BCUT2D eigenvalue weighted by Gasteiger charge is 2.25. The summed E-state index contributed by atoms with van der Waals surface area (Å²) in [5.41, 5.74) is 0. The van der Waals surface area contributed by atoms with Gasteiger partial charge in [0.1, 0.15) is 0 Å². The van der Waals surface area contributed by atoms with E-state index >= 15 is 0 Å². The zero-order chi connectivity index (χ0) is 13.1. The first-order valence-electron chi connectivity index (χ1n) is 6.08. The van der Waals surface area contributed by atoms with Crippen LogP contribution in [0.3, 0.4) is 0 Å². The molecule has 1 aliphatic rings. The van der Waals surface area contributed by atoms with E-state index in [4.69, 9.17) is 4.52 Å². The van der Waals surface area contributed by atoms with Crippen LogP contribution >= 0.6 is 0 Å². The lowest BCUT2D eigenvalue weighted by molar-refractivity contribution is 0.0689. The number of carbonyl (C=O) groups excluding carboxylic acids is 1. The van der Waals surface area contributed by atoms with E-state index in [1.807, 2.05) is 0 Å². The Bertz CT molecular complexity index is 412. The van der Waals surface area contributed by atoms with Crippen LogP contribution in [-0.2, 0) is 0 Å². The zero-order valence-corrected chi connectivity index (χ0v) is 10.6. The second-order valence-corrected chi connectivity index (χ2v) is 4.64. The molecule has 1 saturated heterocycles. The highest BCUT2D eigenvalue weighted by atomic mass is 16.5. The zero-order valence-electron chi connectivity index (χ0n) is 10.6. The molecule has 2 unspecified atom stereocenters. The van der Waals surface area contributed by atoms with Gasteiger partial charge in [-0.3, -0.25) is 4.79 Å². The van der Waals surface area contributed by atoms with E-state index < -0.39 is 6.10 Å². The lowest BCUT2D eigenvalue weighted by Gasteiger charge is -2.16. The molecule has 0 saturated carbocycles. The molecule has 1 amide bonds. The Morgan fingerprint density at radius 2 is 2.50 bits per heavy atom. The molecular formula is C11H18N4O3. The third kappa shape index (κ3) is 2.85. The average molecular weight is 254 g/mol. The normalized spacial score (nSPS) is 20.9. The molecule has 100 valence electrons. The quantitative estimate of drug-likeness (QED) is 0.782. The topological polar surface area (TPSA) is 91.5 Å². The van der Waals surface area contributed by atoms with Gasteiger partial charge in [0.15, 0.2) is 0 Å². The number of hydrogen-bond acceptors (Lipinski definition) is 6. The molecule has 0 spiro atoms. The second-order valence-electron chi connectivity index (χ2n) is 4.64. The third-order valence-corrected chi connectivity index (χ3v) is 2.88. The fourth-order valence-electron chi connectivity index (χ4n) is 2.01. The van der Waals surface area contributed by atoms with E-state index in [9.17, 15) is 9.90 Å². The van der Waals surface area contributed by atoms with Gasteiger partial charge in [-0.2, -0.15) is 4.98 Å². The smallest absolute Gasteiger partial charge is 0.295 e. The highest BCUT2D eigenvalue weighted by molar-refractivity contribution is 5.90. The van der Waals surface area contributed by atoms with Crippen LogP contribution in [0, 0.1) is 0 Å². The van der Waals surface area contributed by atoms with Gasteiger partial charge in [0.25, 0.3) is 11.7 Å². The minimum Gasteiger partial charge on any atom is -0.392 e. The summed E-state index contributed by atoms with van der Waals surface area (Å²) in [6.45, 7) is 2.79. The van der Waals surface area contributed by atoms with Gasteiger partial charge in [0.2, 0.25) is 5.89 Å². The van der Waals surface area contributed by atoms with Crippen molar-refractivity contribution in [1.82, 2.24) is 20.4 Å². The van der Waals surface area contributed by atoms with Crippen molar-refractivity contribution in [3.8, 4) is 0 Å². The number of aromatic nitrogens is 2. The molecule has 1 fully saturated rings. The number of nitrogens with one attached hydrogen (secondary N) is 1. The Hall–Kier alpha value is -1.47. The molecule has 1 aliphatic heterocycles. The van der Waals surface area contributed by atoms with E-state index in [-0.39, 0.29) is 24.3 Å². The van der Waals surface area contributed by atoms with E-state index in [2.05, 4.69) is 15.5 Å². The van der Waals surface area contributed by atoms with Crippen LogP contribution in [0.1, 0.15) is 42.3 Å². The number of rotatable bonds is 4. The van der Waals surface area contributed by atoms with Gasteiger partial charge in [0.05, 0.1) is 12.1 Å². The van der Waals surface area contributed by atoms with Crippen molar-refractivity contribution in [3.63, 3.8) is 0 Å². The Kier molecular flexibility index (Phi) is 3.93. The number of hydrogen-bond donors (Lipinski definition) is 2. The maximum absolute atomic E-state index is 11.9. The van der Waals surface area contributed by atoms with Gasteiger partial charge in [-0.1, -0.05) is 5.16 Å². The molecule has 18 heavy (non-hydrogen) atoms. The van der Waals surface area contributed by atoms with Gasteiger partial charge in [-0.15, -0.1) is 0 Å². The molecular weight excluding hydrogens is 236 g/mol. The molecule has 2 N–H and O–H groups in total. The summed E-state index contributed by atoms with van der Waals surface area (Å²) < 4.78 is 5.09. The number of likely N-dealkylation sites (N-methyl/N-ethyl adjacent to an activating group) is 1. The number of carbonyl (C=O) groups is 1. The molecule has 7 heteroatoms. The van der Waals surface area contributed by atoms with Crippen LogP contribution in [0.5, 0.6) is 0 Å². The summed E-state index contributed by atoms with van der Waals surface area (Å²) in [6, 6.07) is 0.0566. The van der Waals surface area contributed by atoms with Gasteiger partial charge in [-0.05, 0) is 26.3 Å². The molecule has 1 aromatic heterocycles. The third-order valence-electron chi connectivity index (χ3n) is 2.88. The molecule has 7 nitrogen and oxygen atoms in total.